The summed E-state index contributed by atoms with van der Waals surface area (Å²) >= 11 is 3.19. The van der Waals surface area contributed by atoms with Gasteiger partial charge in [-0.05, 0) is 59.3 Å². The molecular weight excluding hydrogens is 546 g/mol. The van der Waals surface area contributed by atoms with E-state index in [4.69, 9.17) is 9.84 Å². The Morgan fingerprint density at radius 3 is 2.62 bits per heavy atom. The molecule has 4 aliphatic rings. The van der Waals surface area contributed by atoms with Crippen molar-refractivity contribution in [2.24, 2.45) is 17.8 Å². The average molecular weight is 570 g/mol. The van der Waals surface area contributed by atoms with Gasteiger partial charge in [-0.2, -0.15) is 0 Å². The van der Waals surface area contributed by atoms with Crippen LogP contribution in [0.2, 0.25) is 0 Å². The first-order chi connectivity index (χ1) is 17.6. The smallest absolute Gasteiger partial charge is 0.305 e. The number of likely N-dealkylation sites (tertiary alicyclic amines) is 1. The minimum Gasteiger partial charge on any atom is -0.504 e. The molecule has 1 fully saturated rings. The van der Waals surface area contributed by atoms with Gasteiger partial charge in [-0.25, -0.2) is 0 Å². The highest BCUT2D eigenvalue weighted by Crippen LogP contribution is 2.55. The molecule has 1 aliphatic heterocycles. The van der Waals surface area contributed by atoms with Crippen LogP contribution in [0.15, 0.2) is 51.6 Å². The Hall–Kier alpha value is -3.53. The standard InChI is InChI=1S/C27H24BrNO8/c1-2-37-20-9-12(3-6-18(20)30)22-13-4-5-14-23(27(36)29(26(14)35)8-7-21(32)33)15(13)10-16-24(22)19(31)11-17(28)25(16)34/h3-4,6,9,11,14-15,22-23,30H,2,5,7-8,10H2,1H3,(H,32,33)/t14-,15+,22-,23-/m0/s1. The highest BCUT2D eigenvalue weighted by Gasteiger charge is 2.56. The lowest BCUT2D eigenvalue weighted by Gasteiger charge is -2.42. The maximum Gasteiger partial charge on any atom is 0.305 e. The van der Waals surface area contributed by atoms with Crippen LogP contribution in [-0.2, 0) is 24.0 Å². The second-order valence-corrected chi connectivity index (χ2v) is 10.4. The zero-order valence-electron chi connectivity index (χ0n) is 19.9. The van der Waals surface area contributed by atoms with Crippen molar-refractivity contribution in [3.05, 3.63) is 57.1 Å². The molecule has 1 saturated heterocycles. The Morgan fingerprint density at radius 1 is 1.16 bits per heavy atom. The number of carboxylic acids is 1. The number of carbonyl (C=O) groups is 5. The van der Waals surface area contributed by atoms with Gasteiger partial charge in [0.15, 0.2) is 23.1 Å². The number of Topliss-reactive ketones (excluding diaryl/α,β-unsaturated/α-hetero) is 1. The molecular formula is C27H24BrNO8. The van der Waals surface area contributed by atoms with E-state index in [1.54, 1.807) is 19.1 Å². The van der Waals surface area contributed by atoms with E-state index >= 15 is 0 Å². The van der Waals surface area contributed by atoms with Crippen LogP contribution in [0.5, 0.6) is 11.5 Å². The largest absolute Gasteiger partial charge is 0.504 e. The Labute approximate surface area is 220 Å². The van der Waals surface area contributed by atoms with Gasteiger partial charge < -0.3 is 14.9 Å². The Morgan fingerprint density at radius 2 is 1.92 bits per heavy atom. The summed E-state index contributed by atoms with van der Waals surface area (Å²) in [6.45, 7) is 1.87. The predicted octanol–water partition coefficient (Wildman–Crippen LogP) is 3.03. The molecule has 0 unspecified atom stereocenters. The summed E-state index contributed by atoms with van der Waals surface area (Å²) in [4.78, 5) is 65.1. The molecule has 4 atom stereocenters. The minimum atomic E-state index is -1.11. The predicted molar refractivity (Wildman–Crippen MR) is 133 cm³/mol. The maximum atomic E-state index is 13.5. The monoisotopic (exact) mass is 569 g/mol. The third kappa shape index (κ3) is 4.03. The number of amides is 2. The Kier molecular flexibility index (Phi) is 6.39. The van der Waals surface area contributed by atoms with E-state index in [9.17, 15) is 29.1 Å². The highest BCUT2D eigenvalue weighted by atomic mass is 79.9. The molecule has 0 radical (unpaired) electrons. The van der Waals surface area contributed by atoms with Crippen molar-refractivity contribution < 1.29 is 38.9 Å². The van der Waals surface area contributed by atoms with Crippen LogP contribution < -0.4 is 4.74 Å². The number of carboxylic acid groups (broad SMARTS) is 1. The van der Waals surface area contributed by atoms with Crippen LogP contribution in [0.3, 0.4) is 0 Å². The van der Waals surface area contributed by atoms with Crippen molar-refractivity contribution in [2.45, 2.75) is 32.1 Å². The fraction of sp³-hybridized carbons (Fsp3) is 0.370. The molecule has 2 amide bonds. The van der Waals surface area contributed by atoms with E-state index in [1.807, 2.05) is 6.08 Å². The molecule has 1 aromatic carbocycles. The number of rotatable bonds is 6. The van der Waals surface area contributed by atoms with Crippen LogP contribution in [0.4, 0.5) is 0 Å². The van der Waals surface area contributed by atoms with Gasteiger partial charge in [0.25, 0.3) is 0 Å². The molecule has 0 bridgehead atoms. The molecule has 10 heteroatoms. The third-order valence-corrected chi connectivity index (χ3v) is 8.18. The number of fused-ring (bicyclic) bond motifs is 3. The number of benzene rings is 1. The second kappa shape index (κ2) is 9.41. The van der Waals surface area contributed by atoms with Gasteiger partial charge >= 0.3 is 5.97 Å². The Bertz CT molecular complexity index is 1360. The molecule has 37 heavy (non-hydrogen) atoms. The summed E-state index contributed by atoms with van der Waals surface area (Å²) in [5, 5.41) is 19.3. The molecule has 0 saturated carbocycles. The zero-order valence-corrected chi connectivity index (χ0v) is 21.5. The summed E-state index contributed by atoms with van der Waals surface area (Å²) in [6, 6.07) is 4.76. The van der Waals surface area contributed by atoms with E-state index in [-0.39, 0.29) is 53.4 Å². The number of aliphatic carboxylic acids is 1. The molecule has 0 aromatic heterocycles. The molecule has 9 nitrogen and oxygen atoms in total. The average Bonchev–Trinajstić information content (AvgIpc) is 3.11. The van der Waals surface area contributed by atoms with Crippen LogP contribution in [-0.4, -0.2) is 57.6 Å². The van der Waals surface area contributed by atoms with Crippen LogP contribution >= 0.6 is 15.9 Å². The zero-order chi connectivity index (χ0) is 26.6. The van der Waals surface area contributed by atoms with Crippen molar-refractivity contribution in [2.75, 3.05) is 13.2 Å². The van der Waals surface area contributed by atoms with Gasteiger partial charge in [-0.15, -0.1) is 0 Å². The number of hydrogen-bond acceptors (Lipinski definition) is 7. The second-order valence-electron chi connectivity index (χ2n) is 9.53. The number of hydrogen-bond donors (Lipinski definition) is 2. The molecule has 0 spiro atoms. The highest BCUT2D eigenvalue weighted by molar-refractivity contribution is 9.12. The lowest BCUT2D eigenvalue weighted by Crippen LogP contribution is -2.39. The third-order valence-electron chi connectivity index (χ3n) is 7.59. The van der Waals surface area contributed by atoms with E-state index in [1.165, 1.54) is 12.1 Å². The summed E-state index contributed by atoms with van der Waals surface area (Å²) < 4.78 is 5.69. The number of phenolic OH excluding ortho intramolecular Hbond substituents is 1. The number of carbonyl (C=O) groups excluding carboxylic acids is 4. The molecule has 2 N–H and O–H groups in total. The number of nitrogens with zero attached hydrogens (tertiary/aromatic N) is 1. The minimum absolute atomic E-state index is 0.0656. The van der Waals surface area contributed by atoms with Crippen molar-refractivity contribution in [1.29, 1.82) is 0 Å². The summed E-state index contributed by atoms with van der Waals surface area (Å²) in [5.74, 6) is -5.05. The van der Waals surface area contributed by atoms with Crippen LogP contribution in [0.25, 0.3) is 0 Å². The topological polar surface area (TPSA) is 138 Å². The van der Waals surface area contributed by atoms with E-state index in [0.29, 0.717) is 23.3 Å². The van der Waals surface area contributed by atoms with E-state index in [2.05, 4.69) is 15.9 Å². The number of halogens is 1. The van der Waals surface area contributed by atoms with Gasteiger partial charge in [-0.1, -0.05) is 17.7 Å². The van der Waals surface area contributed by atoms with Gasteiger partial charge in [0.05, 0.1) is 29.3 Å². The molecule has 3 aliphatic carbocycles. The van der Waals surface area contributed by atoms with Gasteiger partial charge in [0, 0.05) is 29.7 Å². The number of ketones is 2. The number of phenols is 1. The van der Waals surface area contributed by atoms with Crippen molar-refractivity contribution in [3.63, 3.8) is 0 Å². The van der Waals surface area contributed by atoms with E-state index < -0.39 is 41.5 Å². The fourth-order valence-corrected chi connectivity index (χ4v) is 6.51. The number of allylic oxidation sites excluding steroid dienone is 6. The van der Waals surface area contributed by atoms with Crippen molar-refractivity contribution >= 4 is 45.3 Å². The first-order valence-electron chi connectivity index (χ1n) is 12.1. The first-order valence-corrected chi connectivity index (χ1v) is 12.8. The summed E-state index contributed by atoms with van der Waals surface area (Å²) in [5.41, 5.74) is 2.00. The molecule has 1 heterocycles. The quantitative estimate of drug-likeness (QED) is 0.303. The summed E-state index contributed by atoms with van der Waals surface area (Å²) in [6.07, 6.45) is 3.17. The van der Waals surface area contributed by atoms with Crippen LogP contribution in [0, 0.1) is 17.8 Å². The van der Waals surface area contributed by atoms with Crippen molar-refractivity contribution in [1.82, 2.24) is 4.90 Å². The fourth-order valence-electron chi connectivity index (χ4n) is 6.06. The van der Waals surface area contributed by atoms with Gasteiger partial charge in [0.2, 0.25) is 11.8 Å². The lowest BCUT2D eigenvalue weighted by atomic mass is 9.59. The van der Waals surface area contributed by atoms with Crippen LogP contribution in [0.1, 0.15) is 37.7 Å². The summed E-state index contributed by atoms with van der Waals surface area (Å²) in [7, 11) is 0. The van der Waals surface area contributed by atoms with Crippen molar-refractivity contribution in [3.8, 4) is 11.5 Å². The number of aromatic hydroxyl groups is 1. The van der Waals surface area contributed by atoms with Gasteiger partial charge in [-0.3, -0.25) is 28.9 Å². The molecule has 5 rings (SSSR count). The Balaban J connectivity index is 1.63. The number of imide groups is 1. The first kappa shape index (κ1) is 25.1. The normalized spacial score (nSPS) is 26.9. The lowest BCUT2D eigenvalue weighted by molar-refractivity contribution is -0.142. The SMILES string of the molecule is CCOc1cc([C@H]2C3=CC[C@@H]4C(=O)N(CCC(=O)O)C(=O)[C@@H]4[C@@H]3CC3=C2C(=O)C=C(Br)C3=O)ccc1O. The van der Waals surface area contributed by atoms with E-state index in [0.717, 1.165) is 10.5 Å². The van der Waals surface area contributed by atoms with Gasteiger partial charge in [0.1, 0.15) is 0 Å². The molecule has 1 aromatic rings. The molecule has 192 valence electrons. The number of ether oxygens (including phenoxy) is 1. The maximum absolute atomic E-state index is 13.5.